The number of fused-ring (bicyclic) bond motifs is 1. The predicted molar refractivity (Wildman–Crippen MR) is 121 cm³/mol. The number of hydrogen-bond donors (Lipinski definition) is 0. The van der Waals surface area contributed by atoms with Crippen LogP contribution in [0.15, 0.2) is 53.8 Å². The standard InChI is InChI=1S/C24H24N6O2/c1-15(2)18-6-7-20(25-13-18)24(31)30-10-8-16(9-11-30)23-27-22(28-32-23)17-4-5-19-14-26-29(3)21(19)12-17/h4-7,12-14,16H,1,8-11H2,2-3H3. The molecule has 1 aromatic carbocycles. The van der Waals surface area contributed by atoms with Gasteiger partial charge in [0, 0.05) is 43.2 Å². The van der Waals surface area contributed by atoms with E-state index in [1.807, 2.05) is 54.0 Å². The van der Waals surface area contributed by atoms with E-state index in [1.165, 1.54) is 0 Å². The highest BCUT2D eigenvalue weighted by Gasteiger charge is 2.28. The zero-order valence-electron chi connectivity index (χ0n) is 18.2. The molecule has 3 aromatic heterocycles. The largest absolute Gasteiger partial charge is 0.339 e. The van der Waals surface area contributed by atoms with Crippen LogP contribution in [0.2, 0.25) is 0 Å². The van der Waals surface area contributed by atoms with Gasteiger partial charge in [-0.3, -0.25) is 14.5 Å². The lowest BCUT2D eigenvalue weighted by atomic mass is 9.96. The number of aromatic nitrogens is 5. The van der Waals surface area contributed by atoms with Crippen LogP contribution >= 0.6 is 0 Å². The smallest absolute Gasteiger partial charge is 0.272 e. The van der Waals surface area contributed by atoms with Gasteiger partial charge >= 0.3 is 0 Å². The zero-order valence-corrected chi connectivity index (χ0v) is 18.2. The highest BCUT2D eigenvalue weighted by Crippen LogP contribution is 2.30. The molecule has 8 heteroatoms. The van der Waals surface area contributed by atoms with E-state index in [-0.39, 0.29) is 11.8 Å². The van der Waals surface area contributed by atoms with Gasteiger partial charge in [-0.1, -0.05) is 29.9 Å². The van der Waals surface area contributed by atoms with Gasteiger partial charge in [0.25, 0.3) is 5.91 Å². The zero-order chi connectivity index (χ0) is 22.2. The lowest BCUT2D eigenvalue weighted by molar-refractivity contribution is 0.0698. The van der Waals surface area contributed by atoms with Crippen LogP contribution in [0.3, 0.4) is 0 Å². The summed E-state index contributed by atoms with van der Waals surface area (Å²) in [5.74, 6) is 1.29. The van der Waals surface area contributed by atoms with Crippen LogP contribution in [-0.4, -0.2) is 48.8 Å². The quantitative estimate of drug-likeness (QED) is 0.487. The molecule has 4 aromatic rings. The maximum absolute atomic E-state index is 12.8. The van der Waals surface area contributed by atoms with Gasteiger partial charge < -0.3 is 9.42 Å². The molecule has 4 heterocycles. The second-order valence-corrected chi connectivity index (χ2v) is 8.28. The molecule has 5 rings (SSSR count). The van der Waals surface area contributed by atoms with Crippen molar-refractivity contribution < 1.29 is 9.32 Å². The average molecular weight is 428 g/mol. The minimum absolute atomic E-state index is 0.0487. The molecule has 0 aliphatic carbocycles. The Bertz CT molecular complexity index is 1300. The molecule has 1 saturated heterocycles. The summed E-state index contributed by atoms with van der Waals surface area (Å²) in [6.45, 7) is 7.09. The Labute approximate surface area is 185 Å². The first-order valence-electron chi connectivity index (χ1n) is 10.7. The summed E-state index contributed by atoms with van der Waals surface area (Å²) in [5.41, 5.74) is 4.24. The van der Waals surface area contributed by atoms with Gasteiger partial charge in [-0.15, -0.1) is 0 Å². The molecule has 1 amide bonds. The highest BCUT2D eigenvalue weighted by molar-refractivity contribution is 5.92. The van der Waals surface area contributed by atoms with Crippen molar-refractivity contribution >= 4 is 22.4 Å². The summed E-state index contributed by atoms with van der Waals surface area (Å²) in [6.07, 6.45) is 5.08. The summed E-state index contributed by atoms with van der Waals surface area (Å²) < 4.78 is 7.42. The Balaban J connectivity index is 1.25. The van der Waals surface area contributed by atoms with Crippen molar-refractivity contribution in [2.24, 2.45) is 7.05 Å². The number of piperidine rings is 1. The summed E-state index contributed by atoms with van der Waals surface area (Å²) in [5, 5.41) is 9.54. The van der Waals surface area contributed by atoms with Crippen LogP contribution in [0.4, 0.5) is 0 Å². The minimum atomic E-state index is -0.0487. The van der Waals surface area contributed by atoms with Gasteiger partial charge in [-0.05, 0) is 43.0 Å². The van der Waals surface area contributed by atoms with E-state index < -0.39 is 0 Å². The molecule has 0 saturated carbocycles. The van der Waals surface area contributed by atoms with E-state index in [2.05, 4.69) is 26.8 Å². The molecule has 0 radical (unpaired) electrons. The Hall–Kier alpha value is -3.81. The third-order valence-corrected chi connectivity index (χ3v) is 6.06. The van der Waals surface area contributed by atoms with E-state index >= 15 is 0 Å². The molecule has 0 bridgehead atoms. The maximum Gasteiger partial charge on any atom is 0.272 e. The molecule has 0 atom stereocenters. The molecular formula is C24H24N6O2. The Morgan fingerprint density at radius 3 is 2.69 bits per heavy atom. The first-order valence-corrected chi connectivity index (χ1v) is 10.7. The number of benzene rings is 1. The molecule has 1 aliphatic heterocycles. The number of aryl methyl sites for hydroxylation is 1. The van der Waals surface area contributed by atoms with Crippen molar-refractivity contribution in [3.05, 3.63) is 66.5 Å². The van der Waals surface area contributed by atoms with Gasteiger partial charge in [0.15, 0.2) is 0 Å². The fourth-order valence-electron chi connectivity index (χ4n) is 4.07. The molecule has 1 fully saturated rings. The number of likely N-dealkylation sites (tertiary alicyclic amines) is 1. The third kappa shape index (κ3) is 3.68. The van der Waals surface area contributed by atoms with Crippen LogP contribution in [-0.2, 0) is 7.05 Å². The number of hydrogen-bond acceptors (Lipinski definition) is 6. The number of amides is 1. The Morgan fingerprint density at radius 1 is 1.16 bits per heavy atom. The van der Waals surface area contributed by atoms with Crippen molar-refractivity contribution in [1.82, 2.24) is 29.8 Å². The van der Waals surface area contributed by atoms with E-state index in [0.29, 0.717) is 30.5 Å². The van der Waals surface area contributed by atoms with Crippen molar-refractivity contribution in [3.63, 3.8) is 0 Å². The number of carbonyl (C=O) groups excluding carboxylic acids is 1. The topological polar surface area (TPSA) is 89.9 Å². The normalized spacial score (nSPS) is 14.8. The van der Waals surface area contributed by atoms with Crippen molar-refractivity contribution in [2.75, 3.05) is 13.1 Å². The maximum atomic E-state index is 12.8. The Kier molecular flexibility index (Phi) is 5.05. The molecule has 162 valence electrons. The predicted octanol–water partition coefficient (Wildman–Crippen LogP) is 4.07. The van der Waals surface area contributed by atoms with Gasteiger partial charge in [-0.25, -0.2) is 0 Å². The van der Waals surface area contributed by atoms with E-state index in [0.717, 1.165) is 40.4 Å². The van der Waals surface area contributed by atoms with Gasteiger partial charge in [0.05, 0.1) is 11.7 Å². The lowest BCUT2D eigenvalue weighted by Gasteiger charge is -2.30. The van der Waals surface area contributed by atoms with Gasteiger partial charge in [-0.2, -0.15) is 10.1 Å². The number of allylic oxidation sites excluding steroid dienone is 1. The molecule has 0 N–H and O–H groups in total. The molecule has 8 nitrogen and oxygen atoms in total. The number of rotatable bonds is 4. The van der Waals surface area contributed by atoms with Crippen LogP contribution in [0.1, 0.15) is 47.6 Å². The highest BCUT2D eigenvalue weighted by atomic mass is 16.5. The number of carbonyl (C=O) groups is 1. The Morgan fingerprint density at radius 2 is 1.97 bits per heavy atom. The number of nitrogens with zero attached hydrogens (tertiary/aromatic N) is 6. The fraction of sp³-hybridized carbons (Fsp3) is 0.292. The number of pyridine rings is 1. The summed E-state index contributed by atoms with van der Waals surface area (Å²) in [6, 6.07) is 9.66. The molecule has 1 aliphatic rings. The van der Waals surface area contributed by atoms with Gasteiger partial charge in [0.1, 0.15) is 5.69 Å². The molecule has 0 spiro atoms. The molecular weight excluding hydrogens is 404 g/mol. The minimum Gasteiger partial charge on any atom is -0.339 e. The van der Waals surface area contributed by atoms with E-state index in [9.17, 15) is 4.79 Å². The van der Waals surface area contributed by atoms with Crippen LogP contribution in [0.25, 0.3) is 27.9 Å². The monoisotopic (exact) mass is 428 g/mol. The van der Waals surface area contributed by atoms with Crippen molar-refractivity contribution in [3.8, 4) is 11.4 Å². The summed E-state index contributed by atoms with van der Waals surface area (Å²) in [4.78, 5) is 23.6. The van der Waals surface area contributed by atoms with Crippen molar-refractivity contribution in [2.45, 2.75) is 25.7 Å². The van der Waals surface area contributed by atoms with Crippen molar-refractivity contribution in [1.29, 1.82) is 0 Å². The van der Waals surface area contributed by atoms with Crippen LogP contribution in [0, 0.1) is 0 Å². The van der Waals surface area contributed by atoms with Gasteiger partial charge in [0.2, 0.25) is 11.7 Å². The SMILES string of the molecule is C=C(C)c1ccc(C(=O)N2CCC(c3nc(-c4ccc5cnn(C)c5c4)no3)CC2)nc1. The third-order valence-electron chi connectivity index (χ3n) is 6.06. The second-order valence-electron chi connectivity index (χ2n) is 8.28. The second kappa shape index (κ2) is 8.03. The first kappa shape index (κ1) is 20.1. The van der Waals surface area contributed by atoms with Crippen LogP contribution in [0.5, 0.6) is 0 Å². The summed E-state index contributed by atoms with van der Waals surface area (Å²) >= 11 is 0. The fourth-order valence-corrected chi connectivity index (χ4v) is 4.07. The average Bonchev–Trinajstić information content (AvgIpc) is 3.46. The molecule has 32 heavy (non-hydrogen) atoms. The summed E-state index contributed by atoms with van der Waals surface area (Å²) in [7, 11) is 1.91. The van der Waals surface area contributed by atoms with E-state index in [1.54, 1.807) is 12.3 Å². The van der Waals surface area contributed by atoms with Crippen LogP contribution < -0.4 is 0 Å². The lowest BCUT2D eigenvalue weighted by Crippen LogP contribution is -2.38. The van der Waals surface area contributed by atoms with E-state index in [4.69, 9.17) is 4.52 Å². The molecule has 0 unspecified atom stereocenters. The first-order chi connectivity index (χ1) is 15.5.